The molecule has 3 unspecified atom stereocenters. The topological polar surface area (TPSA) is 130 Å². The summed E-state index contributed by atoms with van der Waals surface area (Å²) in [6.45, 7) is 8.26. The van der Waals surface area contributed by atoms with Crippen molar-refractivity contribution >= 4 is 22.1 Å². The molecule has 0 aliphatic rings. The fourth-order valence-electron chi connectivity index (χ4n) is 3.24. The summed E-state index contributed by atoms with van der Waals surface area (Å²) in [5, 5.41) is 6.58. The summed E-state index contributed by atoms with van der Waals surface area (Å²) in [5.74, 6) is -1.42. The zero-order valence-corrected chi connectivity index (χ0v) is 25.4. The Bertz CT molecular complexity index is 801. The summed E-state index contributed by atoms with van der Waals surface area (Å²) >= 11 is 0. The number of hydrogen-bond acceptors (Lipinski definition) is 8. The molecule has 1 aromatic carbocycles. The summed E-state index contributed by atoms with van der Waals surface area (Å²) in [5.41, 5.74) is 0. The van der Waals surface area contributed by atoms with Crippen LogP contribution in [0.1, 0.15) is 85.5 Å². The van der Waals surface area contributed by atoms with E-state index in [1.165, 1.54) is 0 Å². The van der Waals surface area contributed by atoms with Gasteiger partial charge in [-0.15, -0.1) is 0 Å². The van der Waals surface area contributed by atoms with E-state index >= 15 is 0 Å². The van der Waals surface area contributed by atoms with Crippen molar-refractivity contribution in [2.75, 3.05) is 13.2 Å². The first-order valence-electron chi connectivity index (χ1n) is 12.6. The average Bonchev–Trinajstić information content (AvgIpc) is 2.82. The molecule has 8 nitrogen and oxygen atoms in total. The van der Waals surface area contributed by atoms with E-state index in [1.807, 2.05) is 19.9 Å². The van der Waals surface area contributed by atoms with Gasteiger partial charge in [-0.25, -0.2) is 8.42 Å². The van der Waals surface area contributed by atoms with Crippen LogP contribution in [0.25, 0.3) is 0 Å². The molecule has 0 heterocycles. The van der Waals surface area contributed by atoms with Crippen LogP contribution in [-0.2, 0) is 29.2 Å². The molecule has 0 fully saturated rings. The number of hydrogen-bond donors (Lipinski definition) is 1. The molecule has 0 radical (unpaired) electrons. The van der Waals surface area contributed by atoms with E-state index in [1.54, 1.807) is 24.3 Å². The second-order valence-corrected chi connectivity index (χ2v) is 10.2. The SMILES string of the molecule is CCCCC(CC)COC(=O)CC(C(=O)OCC(CC)CCCC)S(=O)(=O)[O-].Oc1ccccc1.[Na+]. The van der Waals surface area contributed by atoms with Gasteiger partial charge in [0.05, 0.1) is 19.6 Å². The Kier molecular flexibility index (Phi) is 22.5. The Balaban J connectivity index is 0. The fraction of sp³-hybridized carbons (Fsp3) is 0.692. The standard InChI is InChI=1S/C20H38O7S.C6H6O.Na/c1-5-9-11-16(7-3)14-26-19(21)13-18(28(23,24)25)20(22)27-15-17(8-4)12-10-6-2;7-6-4-2-1-3-5-6;/h16-18H,5-15H2,1-4H3,(H,23,24,25);1-5,7H;/q;;+1/p-1. The first-order valence-corrected chi connectivity index (χ1v) is 14.1. The van der Waals surface area contributed by atoms with E-state index in [0.29, 0.717) is 5.75 Å². The van der Waals surface area contributed by atoms with Crippen molar-refractivity contribution in [3.05, 3.63) is 30.3 Å². The Morgan fingerprint density at radius 1 is 0.889 bits per heavy atom. The van der Waals surface area contributed by atoms with E-state index < -0.39 is 33.7 Å². The molecule has 0 aliphatic heterocycles. The third-order valence-corrected chi connectivity index (χ3v) is 6.80. The number of phenolic OH excluding ortho intramolecular Hbond substituents is 1. The van der Waals surface area contributed by atoms with Crippen molar-refractivity contribution in [3.63, 3.8) is 0 Å². The number of ether oxygens (including phenoxy) is 2. The Labute approximate surface area is 239 Å². The molecule has 0 aliphatic carbocycles. The quantitative estimate of drug-likeness (QED) is 0.193. The number of carbonyl (C=O) groups is 2. The van der Waals surface area contributed by atoms with Crippen LogP contribution < -0.4 is 29.6 Å². The predicted octanol–water partition coefficient (Wildman–Crippen LogP) is 2.21. The van der Waals surface area contributed by atoms with Crippen molar-refractivity contribution in [1.82, 2.24) is 0 Å². The van der Waals surface area contributed by atoms with Crippen LogP contribution in [0.2, 0.25) is 0 Å². The van der Waals surface area contributed by atoms with Gasteiger partial charge in [0.25, 0.3) is 0 Å². The Hall–Kier alpha value is -1.13. The third-order valence-electron chi connectivity index (χ3n) is 5.75. The maximum Gasteiger partial charge on any atom is 1.00 e. The number of rotatable bonds is 16. The molecule has 0 spiro atoms. The molecule has 1 rings (SSSR count). The number of phenols is 1. The zero-order chi connectivity index (χ0) is 26.7. The summed E-state index contributed by atoms with van der Waals surface area (Å²) in [4.78, 5) is 24.1. The van der Waals surface area contributed by atoms with E-state index in [0.717, 1.165) is 51.4 Å². The smallest absolute Gasteiger partial charge is 0.747 e. The molecule has 3 atom stereocenters. The Morgan fingerprint density at radius 3 is 1.72 bits per heavy atom. The molecule has 0 amide bonds. The number of para-hydroxylation sites is 1. The fourth-order valence-corrected chi connectivity index (χ4v) is 3.89. The predicted molar refractivity (Wildman–Crippen MR) is 135 cm³/mol. The van der Waals surface area contributed by atoms with Crippen LogP contribution in [0.4, 0.5) is 0 Å². The molecule has 0 bridgehead atoms. The Morgan fingerprint density at radius 2 is 1.36 bits per heavy atom. The van der Waals surface area contributed by atoms with Crippen LogP contribution >= 0.6 is 0 Å². The minimum atomic E-state index is -5.01. The van der Waals surface area contributed by atoms with Crippen molar-refractivity contribution in [2.24, 2.45) is 11.8 Å². The third kappa shape index (κ3) is 18.2. The summed E-state index contributed by atoms with van der Waals surface area (Å²) < 4.78 is 44.6. The first kappa shape index (κ1) is 37.0. The molecule has 202 valence electrons. The van der Waals surface area contributed by atoms with Crippen LogP contribution in [0.3, 0.4) is 0 Å². The molecule has 0 saturated carbocycles. The molecular formula is C26H43NaO8S. The number of carbonyl (C=O) groups excluding carboxylic acids is 2. The maximum atomic E-state index is 12.1. The maximum absolute atomic E-state index is 12.1. The normalized spacial score (nSPS) is 13.2. The van der Waals surface area contributed by atoms with Crippen LogP contribution in [-0.4, -0.2) is 48.5 Å². The van der Waals surface area contributed by atoms with Gasteiger partial charge >= 0.3 is 41.5 Å². The van der Waals surface area contributed by atoms with Gasteiger partial charge in [-0.05, 0) is 36.8 Å². The molecule has 0 saturated heterocycles. The first-order chi connectivity index (χ1) is 16.6. The molecule has 0 aromatic heterocycles. The van der Waals surface area contributed by atoms with Gasteiger partial charge in [0.2, 0.25) is 0 Å². The zero-order valence-electron chi connectivity index (χ0n) is 22.6. The van der Waals surface area contributed by atoms with Crippen molar-refractivity contribution < 1.29 is 66.7 Å². The van der Waals surface area contributed by atoms with Gasteiger partial charge in [-0.1, -0.05) is 84.4 Å². The van der Waals surface area contributed by atoms with Gasteiger partial charge in [0, 0.05) is 0 Å². The van der Waals surface area contributed by atoms with Crippen LogP contribution in [0, 0.1) is 11.8 Å². The molecule has 1 N–H and O–H groups in total. The monoisotopic (exact) mass is 538 g/mol. The number of aromatic hydroxyl groups is 1. The minimum Gasteiger partial charge on any atom is -0.747 e. The van der Waals surface area contributed by atoms with Gasteiger partial charge < -0.3 is 19.1 Å². The average molecular weight is 539 g/mol. The van der Waals surface area contributed by atoms with Crippen molar-refractivity contribution in [3.8, 4) is 5.75 Å². The van der Waals surface area contributed by atoms with Crippen molar-refractivity contribution in [1.29, 1.82) is 0 Å². The van der Waals surface area contributed by atoms with Gasteiger partial charge in [-0.3, -0.25) is 9.59 Å². The van der Waals surface area contributed by atoms with Crippen LogP contribution in [0.5, 0.6) is 5.75 Å². The number of esters is 2. The summed E-state index contributed by atoms with van der Waals surface area (Å²) in [6.07, 6.45) is 6.58. The molecule has 1 aromatic rings. The minimum absolute atomic E-state index is 0. The summed E-state index contributed by atoms with van der Waals surface area (Å²) in [6, 6.07) is 8.71. The molecule has 10 heteroatoms. The van der Waals surface area contributed by atoms with E-state index in [9.17, 15) is 22.6 Å². The van der Waals surface area contributed by atoms with Gasteiger partial charge in [0.1, 0.15) is 15.9 Å². The van der Waals surface area contributed by atoms with E-state index in [4.69, 9.17) is 14.6 Å². The largest absolute Gasteiger partial charge is 1.00 e. The summed E-state index contributed by atoms with van der Waals surface area (Å²) in [7, 11) is -5.01. The molecular weight excluding hydrogens is 495 g/mol. The molecule has 36 heavy (non-hydrogen) atoms. The number of benzene rings is 1. The van der Waals surface area contributed by atoms with Gasteiger partial charge in [0.15, 0.2) is 5.25 Å². The second-order valence-electron chi connectivity index (χ2n) is 8.67. The second kappa shape index (κ2) is 21.9. The van der Waals surface area contributed by atoms with Gasteiger partial charge in [-0.2, -0.15) is 0 Å². The van der Waals surface area contributed by atoms with E-state index in [-0.39, 0.29) is 54.6 Å². The number of unbranched alkanes of at least 4 members (excludes halogenated alkanes) is 2. The van der Waals surface area contributed by atoms with Crippen molar-refractivity contribution in [2.45, 2.75) is 90.7 Å². The van der Waals surface area contributed by atoms with Crippen LogP contribution in [0.15, 0.2) is 30.3 Å². The van der Waals surface area contributed by atoms with E-state index in [2.05, 4.69) is 13.8 Å².